The Bertz CT molecular complexity index is 1160. The number of pyridine rings is 1. The van der Waals surface area contributed by atoms with Crippen molar-refractivity contribution in [2.75, 3.05) is 50.1 Å². The van der Waals surface area contributed by atoms with Gasteiger partial charge in [-0.2, -0.15) is 0 Å². The fourth-order valence-corrected chi connectivity index (χ4v) is 3.82. The van der Waals surface area contributed by atoms with Crippen molar-refractivity contribution in [1.29, 1.82) is 0 Å². The Morgan fingerprint density at radius 3 is 2.59 bits per heavy atom. The second-order valence-electron chi connectivity index (χ2n) is 7.72. The van der Waals surface area contributed by atoms with Gasteiger partial charge in [-0.15, -0.1) is 0 Å². The molecule has 0 spiro atoms. The molecule has 1 aliphatic rings. The van der Waals surface area contributed by atoms with Gasteiger partial charge in [-0.1, -0.05) is 0 Å². The number of nitrogens with two attached hydrogens (primary N) is 1. The van der Waals surface area contributed by atoms with Gasteiger partial charge in [0.25, 0.3) is 5.91 Å². The van der Waals surface area contributed by atoms with Crippen molar-refractivity contribution in [3.63, 3.8) is 0 Å². The highest BCUT2D eigenvalue weighted by molar-refractivity contribution is 6.08. The summed E-state index contributed by atoms with van der Waals surface area (Å²) >= 11 is 0. The van der Waals surface area contributed by atoms with Crippen LogP contribution in [-0.2, 0) is 0 Å². The number of benzene rings is 2. The lowest BCUT2D eigenvalue weighted by Crippen LogP contribution is -2.44. The number of nitrogens with zero attached hydrogens (tertiary/aromatic N) is 3. The predicted octanol–water partition coefficient (Wildman–Crippen LogP) is 3.51. The van der Waals surface area contributed by atoms with Gasteiger partial charge in [0.1, 0.15) is 17.4 Å². The molecule has 1 saturated heterocycles. The van der Waals surface area contributed by atoms with Crippen molar-refractivity contribution in [3.8, 4) is 5.75 Å². The van der Waals surface area contributed by atoms with Crippen LogP contribution in [0.25, 0.3) is 10.9 Å². The summed E-state index contributed by atoms with van der Waals surface area (Å²) in [4.78, 5) is 21.0. The number of aromatic nitrogens is 1. The van der Waals surface area contributed by atoms with E-state index in [0.717, 1.165) is 44.0 Å². The minimum atomic E-state index is -0.782. The molecule has 7 nitrogen and oxygen atoms in total. The first-order valence-electron chi connectivity index (χ1n) is 10.4. The number of hydrogen-bond acceptors (Lipinski definition) is 6. The van der Waals surface area contributed by atoms with Crippen LogP contribution >= 0.6 is 0 Å². The maximum atomic E-state index is 14.4. The minimum Gasteiger partial charge on any atom is -0.492 e. The van der Waals surface area contributed by atoms with Crippen molar-refractivity contribution >= 4 is 33.9 Å². The highest BCUT2D eigenvalue weighted by Gasteiger charge is 2.22. The van der Waals surface area contributed by atoms with Gasteiger partial charge in [0.2, 0.25) is 0 Å². The molecule has 1 amide bonds. The Morgan fingerprint density at radius 1 is 1.19 bits per heavy atom. The van der Waals surface area contributed by atoms with E-state index in [1.165, 1.54) is 12.3 Å². The van der Waals surface area contributed by atoms with Crippen molar-refractivity contribution in [2.45, 2.75) is 6.92 Å². The first kappa shape index (κ1) is 21.8. The van der Waals surface area contributed by atoms with Crippen molar-refractivity contribution in [2.24, 2.45) is 5.73 Å². The highest BCUT2D eigenvalue weighted by atomic mass is 19.1. The van der Waals surface area contributed by atoms with E-state index in [9.17, 15) is 13.6 Å². The van der Waals surface area contributed by atoms with Gasteiger partial charge in [-0.3, -0.25) is 9.78 Å². The number of rotatable bonds is 6. The van der Waals surface area contributed by atoms with E-state index in [2.05, 4.69) is 27.1 Å². The molecule has 4 rings (SSSR count). The summed E-state index contributed by atoms with van der Waals surface area (Å²) in [6.45, 7) is 5.80. The number of amides is 1. The number of nitrogens with one attached hydrogen (secondary N) is 1. The van der Waals surface area contributed by atoms with E-state index >= 15 is 0 Å². The molecule has 3 aromatic rings. The minimum absolute atomic E-state index is 0.0245. The Balaban J connectivity index is 1.88. The molecule has 1 aromatic heterocycles. The molecular weight excluding hydrogens is 415 g/mol. The van der Waals surface area contributed by atoms with E-state index in [1.54, 1.807) is 0 Å². The lowest BCUT2D eigenvalue weighted by Gasteiger charge is -2.35. The van der Waals surface area contributed by atoms with Gasteiger partial charge in [0, 0.05) is 49.9 Å². The van der Waals surface area contributed by atoms with Gasteiger partial charge in [-0.25, -0.2) is 8.78 Å². The molecule has 2 aromatic carbocycles. The molecule has 2 heterocycles. The molecule has 0 bridgehead atoms. The predicted molar refractivity (Wildman–Crippen MR) is 121 cm³/mol. The number of hydrogen-bond donors (Lipinski definition) is 2. The molecule has 0 saturated carbocycles. The van der Waals surface area contributed by atoms with Crippen LogP contribution < -0.4 is 20.7 Å². The summed E-state index contributed by atoms with van der Waals surface area (Å²) in [5.41, 5.74) is 7.44. The molecular formula is C23H25F2N5O2. The Labute approximate surface area is 184 Å². The summed E-state index contributed by atoms with van der Waals surface area (Å²) in [7, 11) is 2.07. The third kappa shape index (κ3) is 4.29. The number of fused-ring (bicyclic) bond motifs is 1. The average Bonchev–Trinajstić information content (AvgIpc) is 2.76. The molecule has 0 unspecified atom stereocenters. The number of ether oxygens (including phenoxy) is 1. The largest absolute Gasteiger partial charge is 0.492 e. The lowest BCUT2D eigenvalue weighted by molar-refractivity contribution is 0.100. The molecule has 0 atom stereocenters. The lowest BCUT2D eigenvalue weighted by atomic mass is 10.1. The summed E-state index contributed by atoms with van der Waals surface area (Å²) in [6.07, 6.45) is 1.35. The second-order valence-corrected chi connectivity index (χ2v) is 7.72. The van der Waals surface area contributed by atoms with E-state index in [0.29, 0.717) is 28.9 Å². The first-order valence-corrected chi connectivity index (χ1v) is 10.4. The number of piperazine rings is 1. The van der Waals surface area contributed by atoms with Crippen LogP contribution in [0, 0.1) is 11.6 Å². The summed E-state index contributed by atoms with van der Waals surface area (Å²) in [5, 5.41) is 3.52. The molecule has 0 radical (unpaired) electrons. The zero-order chi connectivity index (χ0) is 22.8. The number of anilines is 3. The van der Waals surface area contributed by atoms with Gasteiger partial charge in [0.05, 0.1) is 34.7 Å². The molecule has 3 N–H and O–H groups in total. The zero-order valence-corrected chi connectivity index (χ0v) is 18.0. The zero-order valence-electron chi connectivity index (χ0n) is 18.0. The summed E-state index contributed by atoms with van der Waals surface area (Å²) in [5.74, 6) is -1.50. The Hall–Kier alpha value is -3.46. The molecule has 0 aliphatic carbocycles. The quantitative estimate of drug-likeness (QED) is 0.610. The fraction of sp³-hybridized carbons (Fsp3) is 0.304. The number of carbonyl (C=O) groups is 1. The summed E-state index contributed by atoms with van der Waals surface area (Å²) in [6, 6.07) is 6.88. The molecule has 168 valence electrons. The number of halogens is 2. The normalized spacial score (nSPS) is 14.6. The smallest absolute Gasteiger partial charge is 0.252 e. The van der Waals surface area contributed by atoms with Gasteiger partial charge >= 0.3 is 0 Å². The number of carbonyl (C=O) groups excluding carboxylic acids is 1. The van der Waals surface area contributed by atoms with Crippen LogP contribution in [0.3, 0.4) is 0 Å². The number of primary amides is 1. The Kier molecular flexibility index (Phi) is 6.09. The summed E-state index contributed by atoms with van der Waals surface area (Å²) < 4.78 is 33.6. The van der Waals surface area contributed by atoms with Crippen molar-refractivity contribution in [3.05, 3.63) is 53.7 Å². The topological polar surface area (TPSA) is 83.7 Å². The second kappa shape index (κ2) is 8.96. The average molecular weight is 440 g/mol. The van der Waals surface area contributed by atoms with Crippen LogP contribution in [0.4, 0.5) is 25.8 Å². The highest BCUT2D eigenvalue weighted by Crippen LogP contribution is 2.38. The van der Waals surface area contributed by atoms with E-state index in [4.69, 9.17) is 10.5 Å². The van der Waals surface area contributed by atoms with Crippen molar-refractivity contribution in [1.82, 2.24) is 9.88 Å². The molecule has 1 aliphatic heterocycles. The van der Waals surface area contributed by atoms with Gasteiger partial charge in [-0.05, 0) is 32.2 Å². The third-order valence-electron chi connectivity index (χ3n) is 5.55. The van der Waals surface area contributed by atoms with E-state index < -0.39 is 17.5 Å². The van der Waals surface area contributed by atoms with Crippen LogP contribution in [0.1, 0.15) is 17.3 Å². The molecule has 9 heteroatoms. The van der Waals surface area contributed by atoms with Crippen molar-refractivity contribution < 1.29 is 18.3 Å². The third-order valence-corrected chi connectivity index (χ3v) is 5.55. The van der Waals surface area contributed by atoms with Gasteiger partial charge in [0.15, 0.2) is 0 Å². The van der Waals surface area contributed by atoms with Gasteiger partial charge < -0.3 is 25.6 Å². The van der Waals surface area contributed by atoms with Crippen LogP contribution in [0.5, 0.6) is 5.75 Å². The van der Waals surface area contributed by atoms with E-state index in [-0.39, 0.29) is 11.3 Å². The van der Waals surface area contributed by atoms with E-state index in [1.807, 2.05) is 19.1 Å². The molecule has 32 heavy (non-hydrogen) atoms. The van der Waals surface area contributed by atoms with Crippen LogP contribution in [0.15, 0.2) is 36.5 Å². The maximum Gasteiger partial charge on any atom is 0.252 e. The maximum absolute atomic E-state index is 14.4. The van der Waals surface area contributed by atoms with Crippen LogP contribution in [0.2, 0.25) is 0 Å². The number of likely N-dealkylation sites (N-methyl/N-ethyl adjacent to an activating group) is 1. The SMILES string of the molecule is CCOc1cc2ncc(C(N)=O)c(Nc3ccc(F)cc3F)c2cc1N1CCN([11CH3])CC1. The fourth-order valence-electron chi connectivity index (χ4n) is 3.82. The molecule has 1 fully saturated rings. The standard InChI is InChI=1S/C23H25F2N5O2/c1-3-32-21-12-19-15(11-20(21)30-8-6-29(2)7-9-30)22(16(13-27-19)23(26)31)28-18-5-4-14(24)10-17(18)25/h4-5,10-13H,3,6-9H2,1-2H3,(H2,26,31)(H,27,28)/i2-1. The van der Waals surface area contributed by atoms with Crippen LogP contribution in [-0.4, -0.2) is 55.6 Å². The monoisotopic (exact) mass is 440 g/mol. The first-order chi connectivity index (χ1) is 15.4. The Morgan fingerprint density at radius 2 is 1.94 bits per heavy atom.